The highest BCUT2D eigenvalue weighted by Gasteiger charge is 2.40. The monoisotopic (exact) mass is 275 g/mol. The Balaban J connectivity index is 2.54. The average Bonchev–Trinajstić information content (AvgIpc) is 2.73. The molecule has 1 rings (SSSR count). The number of rotatable bonds is 5. The van der Waals surface area contributed by atoms with Crippen molar-refractivity contribution in [1.82, 2.24) is 0 Å². The summed E-state index contributed by atoms with van der Waals surface area (Å²) in [7, 11) is 1.23. The van der Waals surface area contributed by atoms with E-state index in [-0.39, 0.29) is 6.61 Å². The average molecular weight is 275 g/mol. The maximum atomic E-state index is 10.9. The molecule has 1 saturated heterocycles. The van der Waals surface area contributed by atoms with Crippen LogP contribution in [-0.2, 0) is 19.0 Å². The molecule has 19 heavy (non-hydrogen) atoms. The summed E-state index contributed by atoms with van der Waals surface area (Å²) in [6.45, 7) is 3.59. The summed E-state index contributed by atoms with van der Waals surface area (Å²) in [6, 6.07) is -0.915. The van der Waals surface area contributed by atoms with E-state index in [1.165, 1.54) is 13.2 Å². The van der Waals surface area contributed by atoms with Crippen LogP contribution in [0.15, 0.2) is 12.2 Å². The lowest BCUT2D eigenvalue weighted by molar-refractivity contribution is -0.160. The summed E-state index contributed by atoms with van der Waals surface area (Å²) >= 11 is 0. The van der Waals surface area contributed by atoms with Crippen LogP contribution in [0.25, 0.3) is 0 Å². The summed E-state index contributed by atoms with van der Waals surface area (Å²) < 4.78 is 15.1. The first-order chi connectivity index (χ1) is 8.76. The Morgan fingerprint density at radius 2 is 2.16 bits per heavy atom. The molecule has 0 radical (unpaired) electrons. The molecule has 0 aromatic carbocycles. The lowest BCUT2D eigenvalue weighted by atomic mass is 10.0. The van der Waals surface area contributed by atoms with Gasteiger partial charge in [0.25, 0.3) is 0 Å². The molecular weight excluding hydrogens is 254 g/mol. The van der Waals surface area contributed by atoms with Crippen LogP contribution >= 0.6 is 0 Å². The normalized spacial score (nSPS) is 27.2. The second-order valence-corrected chi connectivity index (χ2v) is 4.81. The summed E-state index contributed by atoms with van der Waals surface area (Å²) in [5.41, 5.74) is 5.66. The van der Waals surface area contributed by atoms with Gasteiger partial charge in [-0.3, -0.25) is 0 Å². The molecule has 0 aromatic rings. The van der Waals surface area contributed by atoms with E-state index >= 15 is 0 Å². The zero-order valence-corrected chi connectivity index (χ0v) is 11.3. The number of nitrogens with two attached hydrogens (primary N) is 1. The fourth-order valence-electron chi connectivity index (χ4n) is 1.70. The first-order valence-corrected chi connectivity index (χ1v) is 5.96. The van der Waals surface area contributed by atoms with Crippen LogP contribution in [0, 0.1) is 0 Å². The minimum atomic E-state index is -1.27. The summed E-state index contributed by atoms with van der Waals surface area (Å²) in [6.07, 6.45) is -0.790. The molecule has 1 fully saturated rings. The van der Waals surface area contributed by atoms with Crippen molar-refractivity contribution in [3.63, 3.8) is 0 Å². The molecule has 7 nitrogen and oxygen atoms in total. The lowest BCUT2D eigenvalue weighted by Gasteiger charge is -2.26. The fraction of sp³-hybridized carbons (Fsp3) is 0.750. The van der Waals surface area contributed by atoms with E-state index in [4.69, 9.17) is 15.2 Å². The van der Waals surface area contributed by atoms with Crippen LogP contribution in [0.4, 0.5) is 0 Å². The standard InChI is InChI=1S/C12H21NO6/c1-12(2)18-6-8(19-12)11(16)10(15)7(13)4-5-9(14)17-3/h4-5,7-8,10-11,15-16H,6,13H2,1-3H3/b5-4+/t7-,8+,10-,11-/m1/s1. The predicted molar refractivity (Wildman–Crippen MR) is 66.0 cm³/mol. The second kappa shape index (κ2) is 6.44. The van der Waals surface area contributed by atoms with Gasteiger partial charge in [-0.1, -0.05) is 6.08 Å². The number of hydrogen-bond acceptors (Lipinski definition) is 7. The molecule has 110 valence electrons. The van der Waals surface area contributed by atoms with Crippen LogP contribution in [0.5, 0.6) is 0 Å². The van der Waals surface area contributed by atoms with E-state index < -0.39 is 36.1 Å². The maximum absolute atomic E-state index is 10.9. The Kier molecular flexibility index (Phi) is 5.45. The van der Waals surface area contributed by atoms with Crippen molar-refractivity contribution in [2.45, 2.75) is 44.0 Å². The zero-order chi connectivity index (χ0) is 14.6. The molecule has 1 heterocycles. The predicted octanol–water partition coefficient (Wildman–Crippen LogP) is -1.08. The molecule has 4 atom stereocenters. The van der Waals surface area contributed by atoms with Crippen LogP contribution in [0.1, 0.15) is 13.8 Å². The molecule has 4 N–H and O–H groups in total. The highest BCUT2D eigenvalue weighted by Crippen LogP contribution is 2.25. The van der Waals surface area contributed by atoms with E-state index in [2.05, 4.69) is 4.74 Å². The molecule has 0 aromatic heterocycles. The Morgan fingerprint density at radius 1 is 1.53 bits per heavy atom. The third kappa shape index (κ3) is 4.55. The van der Waals surface area contributed by atoms with Crippen molar-refractivity contribution in [3.05, 3.63) is 12.2 Å². The number of methoxy groups -OCH3 is 1. The van der Waals surface area contributed by atoms with E-state index in [0.29, 0.717) is 0 Å². The van der Waals surface area contributed by atoms with Gasteiger partial charge in [-0.2, -0.15) is 0 Å². The summed E-state index contributed by atoms with van der Waals surface area (Å²) in [4.78, 5) is 10.9. The fourth-order valence-corrected chi connectivity index (χ4v) is 1.70. The van der Waals surface area contributed by atoms with Gasteiger partial charge < -0.3 is 30.2 Å². The highest BCUT2D eigenvalue weighted by atomic mass is 16.7. The molecule has 0 unspecified atom stereocenters. The third-order valence-corrected chi connectivity index (χ3v) is 2.81. The van der Waals surface area contributed by atoms with E-state index in [0.717, 1.165) is 6.08 Å². The third-order valence-electron chi connectivity index (χ3n) is 2.81. The number of esters is 1. The molecule has 0 bridgehead atoms. The molecule has 0 saturated carbocycles. The van der Waals surface area contributed by atoms with Crippen molar-refractivity contribution >= 4 is 5.97 Å². The number of carbonyl (C=O) groups excluding carboxylic acids is 1. The molecular formula is C12H21NO6. The van der Waals surface area contributed by atoms with Gasteiger partial charge in [-0.15, -0.1) is 0 Å². The molecule has 0 spiro atoms. The topological polar surface area (TPSA) is 111 Å². The molecule has 0 amide bonds. The Bertz CT molecular complexity index is 343. The van der Waals surface area contributed by atoms with Crippen LogP contribution in [-0.4, -0.2) is 60.0 Å². The van der Waals surface area contributed by atoms with Crippen molar-refractivity contribution in [1.29, 1.82) is 0 Å². The van der Waals surface area contributed by atoms with Crippen LogP contribution < -0.4 is 5.73 Å². The zero-order valence-electron chi connectivity index (χ0n) is 11.3. The maximum Gasteiger partial charge on any atom is 0.330 e. The van der Waals surface area contributed by atoms with Gasteiger partial charge in [0, 0.05) is 6.08 Å². The van der Waals surface area contributed by atoms with Crippen molar-refractivity contribution in [3.8, 4) is 0 Å². The smallest absolute Gasteiger partial charge is 0.330 e. The van der Waals surface area contributed by atoms with Gasteiger partial charge in [0.1, 0.15) is 18.3 Å². The van der Waals surface area contributed by atoms with E-state index in [1.54, 1.807) is 13.8 Å². The van der Waals surface area contributed by atoms with Crippen molar-refractivity contribution < 1.29 is 29.2 Å². The van der Waals surface area contributed by atoms with Gasteiger partial charge in [0.05, 0.1) is 19.8 Å². The Morgan fingerprint density at radius 3 is 2.63 bits per heavy atom. The highest BCUT2D eigenvalue weighted by molar-refractivity contribution is 5.81. The van der Waals surface area contributed by atoms with Gasteiger partial charge in [-0.25, -0.2) is 4.79 Å². The van der Waals surface area contributed by atoms with Gasteiger partial charge >= 0.3 is 5.97 Å². The Hall–Kier alpha value is -0.990. The summed E-state index contributed by atoms with van der Waals surface area (Å²) in [5.74, 6) is -1.38. The van der Waals surface area contributed by atoms with Gasteiger partial charge in [0.15, 0.2) is 5.79 Å². The minimum absolute atomic E-state index is 0.165. The Labute approximate surface area is 111 Å². The summed E-state index contributed by atoms with van der Waals surface area (Å²) in [5, 5.41) is 19.8. The van der Waals surface area contributed by atoms with Gasteiger partial charge in [0.2, 0.25) is 0 Å². The second-order valence-electron chi connectivity index (χ2n) is 4.81. The molecule has 1 aliphatic rings. The molecule has 7 heteroatoms. The number of aliphatic hydroxyl groups excluding tert-OH is 2. The number of aliphatic hydroxyl groups is 2. The largest absolute Gasteiger partial charge is 0.466 e. The van der Waals surface area contributed by atoms with Crippen molar-refractivity contribution in [2.75, 3.05) is 13.7 Å². The number of carbonyl (C=O) groups is 1. The number of hydrogen-bond donors (Lipinski definition) is 3. The van der Waals surface area contributed by atoms with Crippen LogP contribution in [0.3, 0.4) is 0 Å². The van der Waals surface area contributed by atoms with Crippen molar-refractivity contribution in [2.24, 2.45) is 5.73 Å². The van der Waals surface area contributed by atoms with Crippen LogP contribution in [0.2, 0.25) is 0 Å². The quantitative estimate of drug-likeness (QED) is 0.432. The molecule has 1 aliphatic heterocycles. The van der Waals surface area contributed by atoms with E-state index in [1.807, 2.05) is 0 Å². The number of ether oxygens (including phenoxy) is 3. The lowest BCUT2D eigenvalue weighted by Crippen LogP contribution is -2.48. The first kappa shape index (κ1) is 16.1. The SMILES string of the molecule is COC(=O)/C=C/[C@@H](N)[C@@H](O)[C@H](O)[C@@H]1COC(C)(C)O1. The first-order valence-electron chi connectivity index (χ1n) is 5.96. The van der Waals surface area contributed by atoms with Gasteiger partial charge in [-0.05, 0) is 13.8 Å². The minimum Gasteiger partial charge on any atom is -0.466 e. The van der Waals surface area contributed by atoms with E-state index in [9.17, 15) is 15.0 Å². The molecule has 0 aliphatic carbocycles.